The summed E-state index contributed by atoms with van der Waals surface area (Å²) in [7, 11) is 0. The number of tetrazole rings is 1. The molecule has 0 spiro atoms. The van der Waals surface area contributed by atoms with E-state index in [-0.39, 0.29) is 5.69 Å². The topological polar surface area (TPSA) is 94.3 Å². The normalized spacial score (nSPS) is 11.2. The second-order valence-corrected chi connectivity index (χ2v) is 8.36. The monoisotopic (exact) mass is 445 g/mol. The van der Waals surface area contributed by atoms with E-state index in [4.69, 9.17) is 0 Å². The average Bonchev–Trinajstić information content (AvgIpc) is 3.45. The molecular weight excluding hydrogens is 414 g/mol. The van der Waals surface area contributed by atoms with Crippen molar-refractivity contribution < 1.29 is 0 Å². The van der Waals surface area contributed by atoms with Crippen LogP contribution in [0.1, 0.15) is 56.5 Å². The van der Waals surface area contributed by atoms with Gasteiger partial charge in [-0.3, -0.25) is 14.1 Å². The quantitative estimate of drug-likeness (QED) is 0.391. The number of unbranched alkanes of at least 4 members (excludes halogenated alkanes) is 2. The van der Waals surface area contributed by atoms with Crippen LogP contribution in [0.2, 0.25) is 0 Å². The largest absolute Gasteiger partial charge is 0.328 e. The second kappa shape index (κ2) is 10.4. The molecule has 0 unspecified atom stereocenters. The molecule has 1 N–H and O–H groups in total. The van der Waals surface area contributed by atoms with Crippen LogP contribution in [0.5, 0.6) is 0 Å². The fourth-order valence-corrected chi connectivity index (χ4v) is 4.23. The molecule has 0 aliphatic carbocycles. The minimum absolute atomic E-state index is 0.0998. The van der Waals surface area contributed by atoms with Crippen LogP contribution < -0.4 is 5.69 Å². The highest BCUT2D eigenvalue weighted by atomic mass is 16.1. The first-order valence-electron chi connectivity index (χ1n) is 11.7. The number of nitrogens with zero attached hydrogens (tertiary/aromatic N) is 6. The van der Waals surface area contributed by atoms with Crippen LogP contribution in [0, 0.1) is 6.92 Å². The molecule has 0 atom stereocenters. The van der Waals surface area contributed by atoms with E-state index in [1.54, 1.807) is 6.20 Å². The lowest BCUT2D eigenvalue weighted by Crippen LogP contribution is -2.26. The molecule has 8 nitrogen and oxygen atoms in total. The first-order valence-corrected chi connectivity index (χ1v) is 11.7. The Kier molecular flexibility index (Phi) is 7.12. The van der Waals surface area contributed by atoms with E-state index < -0.39 is 0 Å². The van der Waals surface area contributed by atoms with E-state index in [0.29, 0.717) is 12.4 Å². The highest BCUT2D eigenvalue weighted by Crippen LogP contribution is 2.29. The van der Waals surface area contributed by atoms with Crippen molar-refractivity contribution in [3.05, 3.63) is 70.2 Å². The lowest BCUT2D eigenvalue weighted by molar-refractivity contribution is 0.584. The van der Waals surface area contributed by atoms with Gasteiger partial charge in [-0.1, -0.05) is 51.0 Å². The Hall–Kier alpha value is -3.55. The van der Waals surface area contributed by atoms with Crippen molar-refractivity contribution in [2.24, 2.45) is 0 Å². The molecule has 0 bridgehead atoms. The minimum atomic E-state index is 0.0998. The molecule has 0 saturated carbocycles. The number of hydrogen-bond donors (Lipinski definition) is 1. The number of H-pyrrole nitrogens is 1. The summed E-state index contributed by atoms with van der Waals surface area (Å²) in [6.07, 6.45) is 8.74. The van der Waals surface area contributed by atoms with Gasteiger partial charge in [0.2, 0.25) is 5.82 Å². The van der Waals surface area contributed by atoms with Gasteiger partial charge in [-0.2, -0.15) is 5.21 Å². The van der Waals surface area contributed by atoms with Crippen LogP contribution in [0.3, 0.4) is 0 Å². The van der Waals surface area contributed by atoms with Crippen LogP contribution in [-0.4, -0.2) is 34.7 Å². The molecule has 3 heterocycles. The summed E-state index contributed by atoms with van der Waals surface area (Å²) >= 11 is 0. The summed E-state index contributed by atoms with van der Waals surface area (Å²) in [5.74, 6) is 0.535. The molecule has 33 heavy (non-hydrogen) atoms. The highest BCUT2D eigenvalue weighted by Gasteiger charge is 2.17. The Morgan fingerprint density at radius 2 is 1.76 bits per heavy atom. The van der Waals surface area contributed by atoms with E-state index in [1.807, 2.05) is 21.4 Å². The van der Waals surface area contributed by atoms with E-state index >= 15 is 0 Å². The minimum Gasteiger partial charge on any atom is -0.296 e. The highest BCUT2D eigenvalue weighted by molar-refractivity contribution is 5.79. The fourth-order valence-electron chi connectivity index (χ4n) is 4.23. The Labute approximate surface area is 193 Å². The number of pyridine rings is 1. The summed E-state index contributed by atoms with van der Waals surface area (Å²) in [5.41, 5.74) is 6.29. The number of aromatic nitrogens is 7. The molecule has 0 saturated heterocycles. The van der Waals surface area contributed by atoms with Gasteiger partial charge in [-0.05, 0) is 48.6 Å². The molecule has 0 fully saturated rings. The van der Waals surface area contributed by atoms with Gasteiger partial charge in [0.1, 0.15) is 0 Å². The molecule has 0 amide bonds. The molecule has 0 radical (unpaired) electrons. The Bertz CT molecular complexity index is 1240. The third kappa shape index (κ3) is 4.79. The number of nitrogens with one attached hydrogen (secondary N) is 1. The SMILES string of the molecule is CCCCc1c(C)n(CCCC)c(=O)n1Cc1ccc(-c2cnccc2-c2nn[nH]n2)cc1. The first-order chi connectivity index (χ1) is 16.1. The van der Waals surface area contributed by atoms with Crippen LogP contribution in [0.25, 0.3) is 22.5 Å². The molecule has 0 aliphatic rings. The fraction of sp³-hybridized carbons (Fsp3) is 0.400. The third-order valence-corrected chi connectivity index (χ3v) is 6.13. The molecular formula is C25H31N7O. The summed E-state index contributed by atoms with van der Waals surface area (Å²) < 4.78 is 3.92. The number of imidazole rings is 1. The number of benzene rings is 1. The smallest absolute Gasteiger partial charge is 0.296 e. The lowest BCUT2D eigenvalue weighted by Gasteiger charge is -2.10. The van der Waals surface area contributed by atoms with Gasteiger partial charge in [0.05, 0.1) is 6.54 Å². The second-order valence-electron chi connectivity index (χ2n) is 8.36. The van der Waals surface area contributed by atoms with Crippen LogP contribution in [0.4, 0.5) is 0 Å². The van der Waals surface area contributed by atoms with Gasteiger partial charge in [-0.15, -0.1) is 10.2 Å². The van der Waals surface area contributed by atoms with E-state index in [1.165, 1.54) is 0 Å². The zero-order valence-electron chi connectivity index (χ0n) is 19.6. The molecule has 1 aromatic carbocycles. The van der Waals surface area contributed by atoms with Crippen LogP contribution in [0.15, 0.2) is 47.5 Å². The van der Waals surface area contributed by atoms with Crippen molar-refractivity contribution in [3.63, 3.8) is 0 Å². The summed E-state index contributed by atoms with van der Waals surface area (Å²) in [5, 5.41) is 14.4. The van der Waals surface area contributed by atoms with Crippen molar-refractivity contribution in [1.82, 2.24) is 34.7 Å². The summed E-state index contributed by atoms with van der Waals surface area (Å²) in [6.45, 7) is 7.79. The summed E-state index contributed by atoms with van der Waals surface area (Å²) in [6, 6.07) is 10.2. The predicted molar refractivity (Wildman–Crippen MR) is 129 cm³/mol. The number of rotatable bonds is 10. The van der Waals surface area contributed by atoms with Gasteiger partial charge >= 0.3 is 5.69 Å². The Morgan fingerprint density at radius 3 is 2.45 bits per heavy atom. The van der Waals surface area contributed by atoms with Crippen LogP contribution in [-0.2, 0) is 19.5 Å². The molecule has 4 rings (SSSR count). The third-order valence-electron chi connectivity index (χ3n) is 6.13. The van der Waals surface area contributed by atoms with Gasteiger partial charge in [0, 0.05) is 41.5 Å². The summed E-state index contributed by atoms with van der Waals surface area (Å²) in [4.78, 5) is 17.5. The van der Waals surface area contributed by atoms with Gasteiger partial charge in [0.15, 0.2) is 0 Å². The average molecular weight is 446 g/mol. The van der Waals surface area contributed by atoms with Gasteiger partial charge in [-0.25, -0.2) is 4.79 Å². The predicted octanol–water partition coefficient (Wildman–Crippen LogP) is 4.39. The van der Waals surface area contributed by atoms with Crippen molar-refractivity contribution in [1.29, 1.82) is 0 Å². The van der Waals surface area contributed by atoms with Gasteiger partial charge < -0.3 is 0 Å². The van der Waals surface area contributed by atoms with Crippen molar-refractivity contribution >= 4 is 0 Å². The Balaban J connectivity index is 1.64. The molecule has 172 valence electrons. The van der Waals surface area contributed by atoms with E-state index in [9.17, 15) is 4.79 Å². The van der Waals surface area contributed by atoms with Crippen LogP contribution >= 0.6 is 0 Å². The first kappa shape index (κ1) is 22.6. The molecule has 4 aromatic rings. The van der Waals surface area contributed by atoms with Crippen molar-refractivity contribution in [2.45, 2.75) is 66.0 Å². The molecule has 8 heteroatoms. The zero-order chi connectivity index (χ0) is 23.2. The maximum absolute atomic E-state index is 13.2. The van der Waals surface area contributed by atoms with Crippen molar-refractivity contribution in [2.75, 3.05) is 0 Å². The maximum atomic E-state index is 13.2. The maximum Gasteiger partial charge on any atom is 0.328 e. The lowest BCUT2D eigenvalue weighted by atomic mass is 10.0. The van der Waals surface area contributed by atoms with Gasteiger partial charge in [0.25, 0.3) is 0 Å². The van der Waals surface area contributed by atoms with E-state index in [0.717, 1.165) is 72.3 Å². The van der Waals surface area contributed by atoms with E-state index in [2.05, 4.69) is 70.6 Å². The number of aromatic amines is 1. The Morgan fingerprint density at radius 1 is 0.970 bits per heavy atom. The zero-order valence-corrected chi connectivity index (χ0v) is 19.6. The molecule has 3 aromatic heterocycles. The molecule has 0 aliphatic heterocycles. The standard InChI is InChI=1S/C25H31N7O/c1-4-6-8-23-18(3)31(15-7-5-2)25(33)32(23)17-19-9-11-20(12-10-19)22-16-26-14-13-21(22)24-27-29-30-28-24/h9-14,16H,4-8,15,17H2,1-3H3,(H,27,28,29,30). The number of hydrogen-bond acceptors (Lipinski definition) is 5. The van der Waals surface area contributed by atoms with Crippen molar-refractivity contribution in [3.8, 4) is 22.5 Å².